The topological polar surface area (TPSA) is 9.23 Å². The maximum atomic E-state index is 13.2. The van der Waals surface area contributed by atoms with Crippen LogP contribution in [0.15, 0.2) is 51.9 Å². The van der Waals surface area contributed by atoms with E-state index in [2.05, 4.69) is 31.9 Å². The van der Waals surface area contributed by atoms with E-state index in [1.54, 1.807) is 12.1 Å². The van der Waals surface area contributed by atoms with Crippen molar-refractivity contribution in [3.63, 3.8) is 0 Å². The molecule has 0 spiro atoms. The monoisotopic (exact) mass is 384 g/mol. The number of ether oxygens (including phenoxy) is 1. The van der Waals surface area contributed by atoms with Crippen molar-refractivity contribution in [1.82, 2.24) is 0 Å². The molecule has 4 heteroatoms. The van der Waals surface area contributed by atoms with Crippen LogP contribution in [0.4, 0.5) is 4.39 Å². The molecule has 0 aliphatic heterocycles. The van der Waals surface area contributed by atoms with Gasteiger partial charge in [-0.1, -0.05) is 30.3 Å². The zero-order valence-corrected chi connectivity index (χ0v) is 13.1. The van der Waals surface area contributed by atoms with Gasteiger partial charge in [-0.15, -0.1) is 0 Å². The Bertz CT molecular complexity index is 578. The van der Waals surface area contributed by atoms with Gasteiger partial charge in [0.05, 0.1) is 3.39 Å². The SMILES string of the molecule is Fc1ccc(OCc2ccccc2)c(C=C(Br)Br)c1. The lowest BCUT2D eigenvalue weighted by molar-refractivity contribution is 0.305. The highest BCUT2D eigenvalue weighted by Gasteiger charge is 2.04. The Hall–Kier alpha value is -1.13. The molecule has 0 saturated heterocycles. The van der Waals surface area contributed by atoms with Gasteiger partial charge >= 0.3 is 0 Å². The van der Waals surface area contributed by atoms with Crippen molar-refractivity contribution < 1.29 is 9.13 Å². The van der Waals surface area contributed by atoms with Gasteiger partial charge < -0.3 is 4.74 Å². The van der Waals surface area contributed by atoms with E-state index in [9.17, 15) is 4.39 Å². The third kappa shape index (κ3) is 4.48. The summed E-state index contributed by atoms with van der Waals surface area (Å²) in [6.07, 6.45) is 1.75. The minimum atomic E-state index is -0.292. The first-order chi connectivity index (χ1) is 9.15. The minimum absolute atomic E-state index is 0.292. The molecule has 2 rings (SSSR count). The molecule has 0 amide bonds. The summed E-state index contributed by atoms with van der Waals surface area (Å²) in [4.78, 5) is 0. The van der Waals surface area contributed by atoms with Crippen molar-refractivity contribution in [3.05, 3.63) is 68.9 Å². The van der Waals surface area contributed by atoms with Gasteiger partial charge in [0.2, 0.25) is 0 Å². The highest BCUT2D eigenvalue weighted by Crippen LogP contribution is 2.26. The highest BCUT2D eigenvalue weighted by atomic mass is 79.9. The summed E-state index contributed by atoms with van der Waals surface area (Å²) in [6, 6.07) is 14.3. The second-order valence-electron chi connectivity index (χ2n) is 3.89. The van der Waals surface area contributed by atoms with Gasteiger partial charge in [-0.25, -0.2) is 4.39 Å². The van der Waals surface area contributed by atoms with E-state index in [0.29, 0.717) is 17.9 Å². The first-order valence-electron chi connectivity index (χ1n) is 5.64. The Kier molecular flexibility index (Phi) is 5.16. The first kappa shape index (κ1) is 14.3. The van der Waals surface area contributed by atoms with Crippen molar-refractivity contribution in [2.45, 2.75) is 6.61 Å². The van der Waals surface area contributed by atoms with E-state index in [4.69, 9.17) is 4.74 Å². The standard InChI is InChI=1S/C15H11Br2FO/c16-15(17)9-12-8-13(18)6-7-14(12)19-10-11-4-2-1-3-5-11/h1-9H,10H2. The lowest BCUT2D eigenvalue weighted by atomic mass is 10.2. The van der Waals surface area contributed by atoms with Crippen molar-refractivity contribution in [3.8, 4) is 5.75 Å². The number of hydrogen-bond acceptors (Lipinski definition) is 1. The number of halogens is 3. The van der Waals surface area contributed by atoms with Gasteiger partial charge in [-0.05, 0) is 61.7 Å². The molecule has 0 aliphatic rings. The molecule has 19 heavy (non-hydrogen) atoms. The Balaban J connectivity index is 2.18. The zero-order valence-electron chi connectivity index (χ0n) is 9.95. The van der Waals surface area contributed by atoms with Crippen LogP contribution in [-0.4, -0.2) is 0 Å². The number of benzene rings is 2. The van der Waals surface area contributed by atoms with Crippen LogP contribution in [0, 0.1) is 5.82 Å². The van der Waals surface area contributed by atoms with Gasteiger partial charge in [-0.2, -0.15) is 0 Å². The summed E-state index contributed by atoms with van der Waals surface area (Å²) in [6.45, 7) is 0.452. The molecular formula is C15H11Br2FO. The molecule has 1 nitrogen and oxygen atoms in total. The molecule has 98 valence electrons. The summed E-state index contributed by atoms with van der Waals surface area (Å²) in [5.41, 5.74) is 1.75. The predicted octanol–water partition coefficient (Wildman–Crippen LogP) is 5.49. The summed E-state index contributed by atoms with van der Waals surface area (Å²) >= 11 is 6.53. The summed E-state index contributed by atoms with van der Waals surface area (Å²) in [5, 5.41) is 0. The molecular weight excluding hydrogens is 375 g/mol. The van der Waals surface area contributed by atoms with Crippen LogP contribution in [0.5, 0.6) is 5.75 Å². The van der Waals surface area contributed by atoms with Crippen LogP contribution < -0.4 is 4.74 Å². The van der Waals surface area contributed by atoms with Crippen LogP contribution in [0.25, 0.3) is 6.08 Å². The largest absolute Gasteiger partial charge is 0.488 e. The molecule has 0 saturated carbocycles. The Morgan fingerprint density at radius 3 is 2.53 bits per heavy atom. The Labute approximate surface area is 128 Å². The van der Waals surface area contributed by atoms with Crippen LogP contribution in [0.1, 0.15) is 11.1 Å². The van der Waals surface area contributed by atoms with E-state index in [-0.39, 0.29) is 5.82 Å². The second-order valence-corrected chi connectivity index (χ2v) is 6.66. The molecule has 2 aromatic carbocycles. The maximum Gasteiger partial charge on any atom is 0.127 e. The fraction of sp³-hybridized carbons (Fsp3) is 0.0667. The quantitative estimate of drug-likeness (QED) is 0.675. The minimum Gasteiger partial charge on any atom is -0.488 e. The summed E-state index contributed by atoms with van der Waals surface area (Å²) < 4.78 is 19.7. The maximum absolute atomic E-state index is 13.2. The van der Waals surface area contributed by atoms with Crippen LogP contribution in [0.2, 0.25) is 0 Å². The average Bonchev–Trinajstić information content (AvgIpc) is 2.38. The third-order valence-electron chi connectivity index (χ3n) is 2.47. The first-order valence-corrected chi connectivity index (χ1v) is 7.23. The molecule has 0 atom stereocenters. The van der Waals surface area contributed by atoms with Crippen molar-refractivity contribution in [1.29, 1.82) is 0 Å². The summed E-state index contributed by atoms with van der Waals surface area (Å²) in [7, 11) is 0. The average molecular weight is 386 g/mol. The van der Waals surface area contributed by atoms with Gasteiger partial charge in [0.25, 0.3) is 0 Å². The van der Waals surface area contributed by atoms with Gasteiger partial charge in [-0.3, -0.25) is 0 Å². The molecule has 2 aromatic rings. The van der Waals surface area contributed by atoms with Crippen molar-refractivity contribution >= 4 is 37.9 Å². The van der Waals surface area contributed by atoms with Crippen LogP contribution >= 0.6 is 31.9 Å². The zero-order chi connectivity index (χ0) is 13.7. The molecule has 0 N–H and O–H groups in total. The molecule has 0 heterocycles. The van der Waals surface area contributed by atoms with E-state index < -0.39 is 0 Å². The lowest BCUT2D eigenvalue weighted by Crippen LogP contribution is -1.97. The molecule has 0 fully saturated rings. The van der Waals surface area contributed by atoms with Crippen molar-refractivity contribution in [2.75, 3.05) is 0 Å². The van der Waals surface area contributed by atoms with Gasteiger partial charge in [0, 0.05) is 5.56 Å². The normalized spacial score (nSPS) is 10.1. The predicted molar refractivity (Wildman–Crippen MR) is 83.0 cm³/mol. The van der Waals surface area contributed by atoms with E-state index >= 15 is 0 Å². The van der Waals surface area contributed by atoms with E-state index in [1.165, 1.54) is 12.1 Å². The smallest absolute Gasteiger partial charge is 0.127 e. The van der Waals surface area contributed by atoms with Crippen LogP contribution in [0.3, 0.4) is 0 Å². The number of hydrogen-bond donors (Lipinski definition) is 0. The molecule has 0 radical (unpaired) electrons. The lowest BCUT2D eigenvalue weighted by Gasteiger charge is -2.09. The van der Waals surface area contributed by atoms with Gasteiger partial charge in [0.15, 0.2) is 0 Å². The Morgan fingerprint density at radius 2 is 1.84 bits per heavy atom. The van der Waals surface area contributed by atoms with E-state index in [1.807, 2.05) is 30.3 Å². The fourth-order valence-corrected chi connectivity index (χ4v) is 2.11. The molecule has 0 aliphatic carbocycles. The highest BCUT2D eigenvalue weighted by molar-refractivity contribution is 9.28. The number of rotatable bonds is 4. The van der Waals surface area contributed by atoms with Crippen LogP contribution in [-0.2, 0) is 6.61 Å². The van der Waals surface area contributed by atoms with E-state index in [0.717, 1.165) is 8.96 Å². The third-order valence-corrected chi connectivity index (χ3v) is 2.93. The van der Waals surface area contributed by atoms with Crippen molar-refractivity contribution in [2.24, 2.45) is 0 Å². The molecule has 0 bridgehead atoms. The second kappa shape index (κ2) is 6.87. The van der Waals surface area contributed by atoms with Gasteiger partial charge in [0.1, 0.15) is 18.2 Å². The summed E-state index contributed by atoms with van der Waals surface area (Å²) in [5.74, 6) is 0.348. The molecule has 0 unspecified atom stereocenters. The Morgan fingerprint density at radius 1 is 1.11 bits per heavy atom. The molecule has 0 aromatic heterocycles. The fourth-order valence-electron chi connectivity index (χ4n) is 1.62.